The Hall–Kier alpha value is -1.32. The minimum Gasteiger partial charge on any atom is -0.384 e. The standard InChI is InChI=1S/C12H22N4/c1-3-5-6-10(4-2)9-15-12-14-8-7-11(13)16-12/h7-8,10H,3-6,9H2,1-2H3,(H3,13,14,15,16). The number of rotatable bonds is 7. The summed E-state index contributed by atoms with van der Waals surface area (Å²) in [5.74, 6) is 1.85. The second-order valence-corrected chi connectivity index (χ2v) is 4.10. The van der Waals surface area contributed by atoms with Crippen LogP contribution in [-0.2, 0) is 0 Å². The van der Waals surface area contributed by atoms with Crippen LogP contribution in [0, 0.1) is 5.92 Å². The first-order valence-electron chi connectivity index (χ1n) is 6.08. The molecule has 0 fully saturated rings. The topological polar surface area (TPSA) is 63.8 Å². The van der Waals surface area contributed by atoms with E-state index in [1.807, 2.05) is 0 Å². The van der Waals surface area contributed by atoms with Crippen molar-refractivity contribution in [3.63, 3.8) is 0 Å². The van der Waals surface area contributed by atoms with Gasteiger partial charge in [-0.3, -0.25) is 0 Å². The summed E-state index contributed by atoms with van der Waals surface area (Å²) in [5.41, 5.74) is 5.59. The van der Waals surface area contributed by atoms with Gasteiger partial charge in [0.1, 0.15) is 5.82 Å². The molecule has 0 spiro atoms. The van der Waals surface area contributed by atoms with Crippen molar-refractivity contribution in [3.05, 3.63) is 12.3 Å². The Morgan fingerprint density at radius 2 is 2.25 bits per heavy atom. The third kappa shape index (κ3) is 4.47. The molecule has 16 heavy (non-hydrogen) atoms. The average Bonchev–Trinajstić information content (AvgIpc) is 2.29. The molecule has 0 saturated carbocycles. The number of nitrogens with zero attached hydrogens (tertiary/aromatic N) is 2. The maximum Gasteiger partial charge on any atom is 0.224 e. The highest BCUT2D eigenvalue weighted by atomic mass is 15.1. The molecule has 0 aliphatic rings. The van der Waals surface area contributed by atoms with Crippen LogP contribution in [0.15, 0.2) is 12.3 Å². The summed E-state index contributed by atoms with van der Waals surface area (Å²) in [5, 5.41) is 3.24. The van der Waals surface area contributed by atoms with E-state index in [1.54, 1.807) is 12.3 Å². The molecule has 0 saturated heterocycles. The van der Waals surface area contributed by atoms with Crippen molar-refractivity contribution in [2.45, 2.75) is 39.5 Å². The number of nitrogens with one attached hydrogen (secondary N) is 1. The van der Waals surface area contributed by atoms with Crippen LogP contribution in [0.2, 0.25) is 0 Å². The van der Waals surface area contributed by atoms with Crippen LogP contribution in [0.4, 0.5) is 11.8 Å². The molecule has 1 rings (SSSR count). The Morgan fingerprint density at radius 1 is 1.44 bits per heavy atom. The van der Waals surface area contributed by atoms with E-state index in [2.05, 4.69) is 29.1 Å². The van der Waals surface area contributed by atoms with Crippen molar-refractivity contribution < 1.29 is 0 Å². The number of aromatic nitrogens is 2. The highest BCUT2D eigenvalue weighted by molar-refractivity contribution is 5.34. The minimum atomic E-state index is 0.513. The van der Waals surface area contributed by atoms with E-state index in [9.17, 15) is 0 Å². The Morgan fingerprint density at radius 3 is 2.88 bits per heavy atom. The van der Waals surface area contributed by atoms with E-state index in [0.717, 1.165) is 6.54 Å². The first-order chi connectivity index (χ1) is 7.76. The molecular formula is C12H22N4. The number of hydrogen-bond donors (Lipinski definition) is 2. The molecule has 0 aliphatic carbocycles. The lowest BCUT2D eigenvalue weighted by atomic mass is 9.99. The van der Waals surface area contributed by atoms with Crippen LogP contribution in [0.1, 0.15) is 39.5 Å². The van der Waals surface area contributed by atoms with E-state index in [1.165, 1.54) is 25.7 Å². The van der Waals surface area contributed by atoms with Gasteiger partial charge in [-0.05, 0) is 18.4 Å². The maximum absolute atomic E-state index is 5.59. The molecule has 0 amide bonds. The zero-order valence-electron chi connectivity index (χ0n) is 10.2. The molecule has 90 valence electrons. The van der Waals surface area contributed by atoms with E-state index in [4.69, 9.17) is 5.73 Å². The quantitative estimate of drug-likeness (QED) is 0.744. The molecule has 4 nitrogen and oxygen atoms in total. The number of anilines is 2. The fourth-order valence-electron chi connectivity index (χ4n) is 1.64. The van der Waals surface area contributed by atoms with Crippen LogP contribution >= 0.6 is 0 Å². The third-order valence-corrected chi connectivity index (χ3v) is 2.77. The highest BCUT2D eigenvalue weighted by Crippen LogP contribution is 2.13. The van der Waals surface area contributed by atoms with Gasteiger partial charge in [-0.1, -0.05) is 33.1 Å². The van der Waals surface area contributed by atoms with Crippen LogP contribution in [-0.4, -0.2) is 16.5 Å². The summed E-state index contributed by atoms with van der Waals surface area (Å²) in [6.07, 6.45) is 6.68. The van der Waals surface area contributed by atoms with Crippen molar-refractivity contribution in [2.24, 2.45) is 5.92 Å². The maximum atomic E-state index is 5.59. The molecule has 1 atom stereocenters. The van der Waals surface area contributed by atoms with Gasteiger partial charge in [-0.2, -0.15) is 4.98 Å². The molecule has 1 aromatic rings. The zero-order chi connectivity index (χ0) is 11.8. The monoisotopic (exact) mass is 222 g/mol. The van der Waals surface area contributed by atoms with Gasteiger partial charge in [0.05, 0.1) is 0 Å². The number of nitrogen functional groups attached to an aromatic ring is 1. The molecule has 1 unspecified atom stereocenters. The number of unbranched alkanes of at least 4 members (excludes halogenated alkanes) is 1. The summed E-state index contributed by atoms with van der Waals surface area (Å²) in [6.45, 7) is 5.38. The Labute approximate surface area is 97.7 Å². The molecule has 0 aromatic carbocycles. The van der Waals surface area contributed by atoms with Gasteiger partial charge < -0.3 is 11.1 Å². The third-order valence-electron chi connectivity index (χ3n) is 2.77. The van der Waals surface area contributed by atoms with Gasteiger partial charge in [0.2, 0.25) is 5.95 Å². The second kappa shape index (κ2) is 7.04. The van der Waals surface area contributed by atoms with Gasteiger partial charge in [-0.25, -0.2) is 4.98 Å². The van der Waals surface area contributed by atoms with E-state index in [0.29, 0.717) is 17.7 Å². The highest BCUT2D eigenvalue weighted by Gasteiger charge is 2.06. The fourth-order valence-corrected chi connectivity index (χ4v) is 1.64. The van der Waals surface area contributed by atoms with Crippen LogP contribution < -0.4 is 11.1 Å². The summed E-state index contributed by atoms with van der Waals surface area (Å²) >= 11 is 0. The Bertz CT molecular complexity index is 301. The summed E-state index contributed by atoms with van der Waals surface area (Å²) < 4.78 is 0. The molecule has 4 heteroatoms. The van der Waals surface area contributed by atoms with Gasteiger partial charge in [0, 0.05) is 12.7 Å². The second-order valence-electron chi connectivity index (χ2n) is 4.10. The fraction of sp³-hybridized carbons (Fsp3) is 0.667. The summed E-state index contributed by atoms with van der Waals surface area (Å²) in [6, 6.07) is 1.69. The van der Waals surface area contributed by atoms with Crippen molar-refractivity contribution >= 4 is 11.8 Å². The molecule has 1 heterocycles. The van der Waals surface area contributed by atoms with E-state index < -0.39 is 0 Å². The molecule has 0 radical (unpaired) electrons. The first kappa shape index (κ1) is 12.7. The van der Waals surface area contributed by atoms with Gasteiger partial charge >= 0.3 is 0 Å². The zero-order valence-corrected chi connectivity index (χ0v) is 10.2. The van der Waals surface area contributed by atoms with Crippen molar-refractivity contribution in [1.82, 2.24) is 9.97 Å². The molecule has 1 aromatic heterocycles. The largest absolute Gasteiger partial charge is 0.384 e. The minimum absolute atomic E-state index is 0.513. The lowest BCUT2D eigenvalue weighted by Gasteiger charge is -2.15. The van der Waals surface area contributed by atoms with Gasteiger partial charge in [0.15, 0.2) is 0 Å². The molecule has 0 aliphatic heterocycles. The predicted octanol–water partition coefficient (Wildman–Crippen LogP) is 2.69. The van der Waals surface area contributed by atoms with Crippen molar-refractivity contribution in [2.75, 3.05) is 17.6 Å². The van der Waals surface area contributed by atoms with Crippen LogP contribution in [0.3, 0.4) is 0 Å². The molecular weight excluding hydrogens is 200 g/mol. The van der Waals surface area contributed by atoms with Gasteiger partial charge in [0.25, 0.3) is 0 Å². The van der Waals surface area contributed by atoms with Crippen LogP contribution in [0.25, 0.3) is 0 Å². The summed E-state index contributed by atoms with van der Waals surface area (Å²) in [4.78, 5) is 8.24. The molecule has 3 N–H and O–H groups in total. The SMILES string of the molecule is CCCCC(CC)CNc1nccc(N)n1. The lowest BCUT2D eigenvalue weighted by Crippen LogP contribution is -2.15. The van der Waals surface area contributed by atoms with Crippen molar-refractivity contribution in [1.29, 1.82) is 0 Å². The smallest absolute Gasteiger partial charge is 0.224 e. The Kier molecular flexibility index (Phi) is 5.61. The van der Waals surface area contributed by atoms with Crippen molar-refractivity contribution in [3.8, 4) is 0 Å². The lowest BCUT2D eigenvalue weighted by molar-refractivity contribution is 0.472. The number of hydrogen-bond acceptors (Lipinski definition) is 4. The first-order valence-corrected chi connectivity index (χ1v) is 6.08. The molecule has 0 bridgehead atoms. The average molecular weight is 222 g/mol. The van der Waals surface area contributed by atoms with E-state index >= 15 is 0 Å². The van der Waals surface area contributed by atoms with Gasteiger partial charge in [-0.15, -0.1) is 0 Å². The van der Waals surface area contributed by atoms with E-state index in [-0.39, 0.29) is 0 Å². The number of nitrogens with two attached hydrogens (primary N) is 1. The normalized spacial score (nSPS) is 12.4. The Balaban J connectivity index is 2.37. The van der Waals surface area contributed by atoms with Crippen LogP contribution in [0.5, 0.6) is 0 Å². The summed E-state index contributed by atoms with van der Waals surface area (Å²) in [7, 11) is 0. The predicted molar refractivity (Wildman–Crippen MR) is 68.2 cm³/mol.